The molecule has 0 aliphatic heterocycles. The number of hydrogen-bond donors (Lipinski definition) is 1. The van der Waals surface area contributed by atoms with Crippen LogP contribution in [0.4, 0.5) is 0 Å². The van der Waals surface area contributed by atoms with Gasteiger partial charge in [-0.05, 0) is 12.8 Å². The van der Waals surface area contributed by atoms with Gasteiger partial charge in [0.25, 0.3) is 0 Å². The highest BCUT2D eigenvalue weighted by molar-refractivity contribution is 5.81. The summed E-state index contributed by atoms with van der Waals surface area (Å²) in [7, 11) is 0. The van der Waals surface area contributed by atoms with Gasteiger partial charge in [-0.25, -0.2) is 14.4 Å². The molecular weight excluding hydrogens is 436 g/mol. The van der Waals surface area contributed by atoms with E-state index in [1.54, 1.807) is 0 Å². The molecule has 0 aliphatic rings. The van der Waals surface area contributed by atoms with E-state index in [9.17, 15) is 14.4 Å². The van der Waals surface area contributed by atoms with E-state index in [-0.39, 0.29) is 25.2 Å². The number of carbonyl (C=O) groups is 3. The molecule has 0 fully saturated rings. The zero-order chi connectivity index (χ0) is 26.3. The number of ether oxygens (including phenoxy) is 3. The van der Waals surface area contributed by atoms with Crippen molar-refractivity contribution in [1.29, 1.82) is 0 Å². The van der Waals surface area contributed by atoms with Crippen LogP contribution in [-0.4, -0.2) is 49.4 Å². The average Bonchev–Trinajstić information content (AvgIpc) is 2.86. The molecule has 7 heteroatoms. The van der Waals surface area contributed by atoms with Crippen LogP contribution < -0.4 is 0 Å². The molecule has 0 aromatic carbocycles. The summed E-state index contributed by atoms with van der Waals surface area (Å²) in [6.45, 7) is 15.0. The van der Waals surface area contributed by atoms with Crippen LogP contribution in [-0.2, 0) is 28.6 Å². The van der Waals surface area contributed by atoms with Crippen LogP contribution in [0.25, 0.3) is 0 Å². The Morgan fingerprint density at radius 3 is 1.24 bits per heavy atom. The smallest absolute Gasteiger partial charge is 0.330 e. The number of hydrogen-bond acceptors (Lipinski definition) is 7. The molecule has 0 radical (unpaired) electrons. The van der Waals surface area contributed by atoms with Crippen molar-refractivity contribution < 1.29 is 33.7 Å². The number of aliphatic hydroxyl groups is 1. The monoisotopic (exact) mass is 484 g/mol. The summed E-state index contributed by atoms with van der Waals surface area (Å²) in [5, 5.41) is 8.10. The third-order valence-electron chi connectivity index (χ3n) is 4.32. The number of unbranched alkanes of at least 4 members (excludes halogenated alkanes) is 10. The summed E-state index contributed by atoms with van der Waals surface area (Å²) >= 11 is 0. The molecule has 7 nitrogen and oxygen atoms in total. The van der Waals surface area contributed by atoms with Crippen molar-refractivity contribution in [2.75, 3.05) is 26.4 Å². The standard InChI is InChI=1S/C15H28O2.C7H12O2.C5H8O3/c1-3-5-6-7-8-9-10-11-12-13-14-17-15(16)4-2;1-3-5-6-9-7(8)4-2;1-2-5(7)8-4-3-6/h4H,2-3,5-14H2,1H3;4H,2-3,5-6H2,1H3;2,6H,1,3-4H2. The highest BCUT2D eigenvalue weighted by Gasteiger charge is 1.96. The molecule has 0 spiro atoms. The molecule has 0 saturated carbocycles. The molecule has 1 N–H and O–H groups in total. The van der Waals surface area contributed by atoms with Crippen LogP contribution in [0.3, 0.4) is 0 Å². The van der Waals surface area contributed by atoms with Gasteiger partial charge >= 0.3 is 17.9 Å². The third kappa shape index (κ3) is 36.9. The molecule has 0 aromatic heterocycles. The first-order chi connectivity index (χ1) is 16.4. The molecule has 0 aromatic rings. The van der Waals surface area contributed by atoms with Gasteiger partial charge in [0.05, 0.1) is 19.8 Å². The molecule has 0 rings (SSSR count). The Bertz CT molecular complexity index is 515. The zero-order valence-electron chi connectivity index (χ0n) is 21.6. The van der Waals surface area contributed by atoms with Gasteiger partial charge in [-0.15, -0.1) is 0 Å². The fourth-order valence-electron chi connectivity index (χ4n) is 2.40. The summed E-state index contributed by atoms with van der Waals surface area (Å²) in [6.07, 6.45) is 18.4. The number of esters is 3. The van der Waals surface area contributed by atoms with Gasteiger partial charge in [0, 0.05) is 18.2 Å². The van der Waals surface area contributed by atoms with Gasteiger partial charge in [-0.3, -0.25) is 0 Å². The minimum absolute atomic E-state index is 0.0465. The van der Waals surface area contributed by atoms with Crippen LogP contribution in [0.15, 0.2) is 38.0 Å². The average molecular weight is 485 g/mol. The van der Waals surface area contributed by atoms with Gasteiger partial charge in [0.1, 0.15) is 6.61 Å². The first-order valence-corrected chi connectivity index (χ1v) is 12.4. The van der Waals surface area contributed by atoms with E-state index < -0.39 is 5.97 Å². The second kappa shape index (κ2) is 32.8. The van der Waals surface area contributed by atoms with Crippen LogP contribution in [0.5, 0.6) is 0 Å². The van der Waals surface area contributed by atoms with Crippen LogP contribution >= 0.6 is 0 Å². The third-order valence-corrected chi connectivity index (χ3v) is 4.32. The Morgan fingerprint density at radius 1 is 0.559 bits per heavy atom. The van der Waals surface area contributed by atoms with E-state index in [1.165, 1.54) is 69.9 Å². The summed E-state index contributed by atoms with van der Waals surface area (Å²) in [5.41, 5.74) is 0. The zero-order valence-corrected chi connectivity index (χ0v) is 21.6. The number of rotatable bonds is 19. The van der Waals surface area contributed by atoms with E-state index in [2.05, 4.69) is 36.1 Å². The highest BCUT2D eigenvalue weighted by Crippen LogP contribution is 2.10. The van der Waals surface area contributed by atoms with Crippen LogP contribution in [0, 0.1) is 0 Å². The minimum atomic E-state index is -0.501. The Labute approximate surface area is 207 Å². The van der Waals surface area contributed by atoms with Crippen molar-refractivity contribution in [2.45, 2.75) is 90.9 Å². The molecule has 0 heterocycles. The number of carbonyl (C=O) groups excluding carboxylic acids is 3. The van der Waals surface area contributed by atoms with Gasteiger partial charge in [0.2, 0.25) is 0 Å². The van der Waals surface area contributed by atoms with Crippen molar-refractivity contribution in [3.63, 3.8) is 0 Å². The Kier molecular flexibility index (Phi) is 34.9. The van der Waals surface area contributed by atoms with Gasteiger partial charge in [-0.1, -0.05) is 97.8 Å². The van der Waals surface area contributed by atoms with Crippen molar-refractivity contribution in [1.82, 2.24) is 0 Å². The minimum Gasteiger partial charge on any atom is -0.463 e. The van der Waals surface area contributed by atoms with E-state index in [0.29, 0.717) is 13.2 Å². The van der Waals surface area contributed by atoms with Crippen LogP contribution in [0.2, 0.25) is 0 Å². The van der Waals surface area contributed by atoms with Crippen LogP contribution in [0.1, 0.15) is 90.9 Å². The van der Waals surface area contributed by atoms with E-state index in [4.69, 9.17) is 9.84 Å². The predicted molar refractivity (Wildman–Crippen MR) is 137 cm³/mol. The Hall–Kier alpha value is -2.41. The maximum absolute atomic E-state index is 10.7. The van der Waals surface area contributed by atoms with Gasteiger partial charge < -0.3 is 19.3 Å². The van der Waals surface area contributed by atoms with E-state index >= 15 is 0 Å². The second-order valence-corrected chi connectivity index (χ2v) is 7.37. The Balaban J connectivity index is -0.000000474. The summed E-state index contributed by atoms with van der Waals surface area (Å²) in [6, 6.07) is 0. The lowest BCUT2D eigenvalue weighted by atomic mass is 10.1. The molecule has 0 amide bonds. The molecule has 0 bridgehead atoms. The first kappa shape index (κ1) is 36.2. The highest BCUT2D eigenvalue weighted by atomic mass is 16.5. The lowest BCUT2D eigenvalue weighted by Gasteiger charge is -2.03. The summed E-state index contributed by atoms with van der Waals surface area (Å²) in [5.74, 6) is -1.14. The van der Waals surface area contributed by atoms with Gasteiger partial charge in [-0.2, -0.15) is 0 Å². The number of aliphatic hydroxyl groups excluding tert-OH is 1. The molecule has 0 unspecified atom stereocenters. The largest absolute Gasteiger partial charge is 0.463 e. The van der Waals surface area contributed by atoms with Crippen molar-refractivity contribution >= 4 is 17.9 Å². The molecule has 0 aliphatic carbocycles. The Morgan fingerprint density at radius 2 is 0.882 bits per heavy atom. The molecule has 34 heavy (non-hydrogen) atoms. The first-order valence-electron chi connectivity index (χ1n) is 12.4. The maximum Gasteiger partial charge on any atom is 0.330 e. The fourth-order valence-corrected chi connectivity index (χ4v) is 2.40. The lowest BCUT2D eigenvalue weighted by Crippen LogP contribution is -2.04. The van der Waals surface area contributed by atoms with Gasteiger partial charge in [0.15, 0.2) is 0 Å². The SMILES string of the molecule is C=CC(=O)OCCCC.C=CC(=O)OCCCCCCCCCCCC.C=CC(=O)OCCO. The maximum atomic E-state index is 10.7. The predicted octanol–water partition coefficient (Wildman–Crippen LogP) is 5.86. The summed E-state index contributed by atoms with van der Waals surface area (Å²) in [4.78, 5) is 31.2. The van der Waals surface area contributed by atoms with Crippen molar-refractivity contribution in [2.24, 2.45) is 0 Å². The van der Waals surface area contributed by atoms with Crippen molar-refractivity contribution in [3.8, 4) is 0 Å². The molecule has 0 atom stereocenters. The molecule has 198 valence electrons. The fraction of sp³-hybridized carbons (Fsp3) is 0.667. The van der Waals surface area contributed by atoms with Crippen molar-refractivity contribution in [3.05, 3.63) is 38.0 Å². The topological polar surface area (TPSA) is 99.1 Å². The normalized spacial score (nSPS) is 9.26. The summed E-state index contributed by atoms with van der Waals surface area (Å²) < 4.78 is 13.9. The van der Waals surface area contributed by atoms with E-state index in [0.717, 1.165) is 25.3 Å². The molecule has 0 saturated heterocycles. The quantitative estimate of drug-likeness (QED) is 0.106. The lowest BCUT2D eigenvalue weighted by molar-refractivity contribution is -0.139. The molecular formula is C27H48O7. The van der Waals surface area contributed by atoms with E-state index in [1.807, 2.05) is 6.92 Å². The second-order valence-electron chi connectivity index (χ2n) is 7.37.